The normalized spacial score (nSPS) is 10.1. The van der Waals surface area contributed by atoms with Crippen molar-refractivity contribution in [3.8, 4) is 0 Å². The number of nitrogens with one attached hydrogen (secondary N) is 3. The molecule has 3 N–H and O–H groups in total. The molecule has 0 rings (SSSR count). The average Bonchev–Trinajstić information content (AvgIpc) is 3.37. The fourth-order valence-corrected chi connectivity index (χ4v) is 6.06. The Morgan fingerprint density at radius 2 is 0.625 bits per heavy atom. The molecular weight excluding hydrogens is 941 g/mol. The highest BCUT2D eigenvalue weighted by Crippen LogP contribution is 2.09. The van der Waals surface area contributed by atoms with Crippen LogP contribution in [0.2, 0.25) is 0 Å². The van der Waals surface area contributed by atoms with Crippen molar-refractivity contribution >= 4 is 66.0 Å². The number of nitrogens with zero attached hydrogens (tertiary/aromatic N) is 5. The molecule has 23 heteroatoms. The van der Waals surface area contributed by atoms with Crippen LogP contribution >= 0.6 is 0 Å². The second-order valence-corrected chi connectivity index (χ2v) is 15.3. The fourth-order valence-electron chi connectivity index (χ4n) is 6.06. The Morgan fingerprint density at radius 3 is 0.889 bits per heavy atom. The number of esters is 3. The Bertz CT molecular complexity index is 1800. The number of rotatable bonds is 40. The molecule has 0 aromatic carbocycles. The van der Waals surface area contributed by atoms with Crippen LogP contribution in [0, 0.1) is 0 Å². The number of hydrogen-bond donors (Lipinski definition) is 3. The lowest BCUT2D eigenvalue weighted by atomic mass is 10.2. The quantitative estimate of drug-likeness (QED) is 0.0192. The van der Waals surface area contributed by atoms with Gasteiger partial charge >= 0.3 is 54.3 Å². The Hall–Kier alpha value is -7.25. The Balaban J connectivity index is 5.20. The maximum Gasteiger partial charge on any atom is 0.418 e. The lowest BCUT2D eigenvalue weighted by Crippen LogP contribution is -2.45. The van der Waals surface area contributed by atoms with Crippen LogP contribution < -0.4 is 16.0 Å². The molecule has 0 aromatic rings. The predicted molar refractivity (Wildman–Crippen MR) is 268 cm³/mol. The minimum atomic E-state index is -0.951. The van der Waals surface area contributed by atoms with Gasteiger partial charge in [0.1, 0.15) is 39.6 Å². The molecule has 0 aliphatic rings. The van der Waals surface area contributed by atoms with Gasteiger partial charge in [-0.05, 0) is 76.3 Å². The minimum Gasteiger partial charge on any atom is -0.459 e. The summed E-state index contributed by atoms with van der Waals surface area (Å²) in [4.78, 5) is 123. The van der Waals surface area contributed by atoms with Crippen LogP contribution in [0.1, 0.15) is 103 Å². The molecule has 0 fully saturated rings. The summed E-state index contributed by atoms with van der Waals surface area (Å²) in [6, 6.07) is -1.99. The standard InChI is InChI=1S/C49H76N8O15/c1-6-41(58)67-35-38-70-47(64)55(32-24-16-13-20-28-51-10-5)45(62)53-30-22-15-18-26-34-57(49(66)72-40-37-69-43(60)8-3)46(63)54-31-23-14-17-25-33-56(48(65)71-39-36-68-42(59)7-2)44(61)52-29-21-12-11-19-27-50-9-4/h6-8H,1-5,11-40H2,(H,52,61)(H,53,62)(H,54,63). The van der Waals surface area contributed by atoms with Gasteiger partial charge in [0.25, 0.3) is 0 Å². The first kappa shape index (κ1) is 64.8. The van der Waals surface area contributed by atoms with E-state index in [1.807, 2.05) is 0 Å². The first-order chi connectivity index (χ1) is 34.9. The van der Waals surface area contributed by atoms with E-state index in [1.165, 1.54) is 0 Å². The van der Waals surface area contributed by atoms with E-state index >= 15 is 0 Å². The summed E-state index contributed by atoms with van der Waals surface area (Å²) in [5.41, 5.74) is 0. The van der Waals surface area contributed by atoms with E-state index in [0.717, 1.165) is 71.5 Å². The van der Waals surface area contributed by atoms with Gasteiger partial charge in [0, 0.05) is 70.6 Å². The minimum absolute atomic E-state index is 0.0133. The van der Waals surface area contributed by atoms with Gasteiger partial charge in [-0.2, -0.15) is 0 Å². The highest BCUT2D eigenvalue weighted by atomic mass is 16.6. The average molecular weight is 1020 g/mol. The molecule has 0 unspecified atom stereocenters. The third-order valence-electron chi connectivity index (χ3n) is 9.82. The van der Waals surface area contributed by atoms with Crippen molar-refractivity contribution in [3.05, 3.63) is 51.1 Å². The van der Waals surface area contributed by atoms with E-state index in [2.05, 4.69) is 70.6 Å². The van der Waals surface area contributed by atoms with E-state index in [1.54, 1.807) is 0 Å². The Morgan fingerprint density at radius 1 is 0.375 bits per heavy atom. The highest BCUT2D eigenvalue weighted by Gasteiger charge is 2.25. The third-order valence-corrected chi connectivity index (χ3v) is 9.82. The van der Waals surface area contributed by atoms with Gasteiger partial charge in [0.05, 0.1) is 0 Å². The van der Waals surface area contributed by atoms with E-state index in [4.69, 9.17) is 28.4 Å². The molecule has 23 nitrogen and oxygen atoms in total. The summed E-state index contributed by atoms with van der Waals surface area (Å²) in [6.45, 7) is 17.3. The van der Waals surface area contributed by atoms with Gasteiger partial charge in [-0.25, -0.2) is 67.8 Å². The molecule has 0 atom stereocenters. The summed E-state index contributed by atoms with van der Waals surface area (Å²) >= 11 is 0. The lowest BCUT2D eigenvalue weighted by Gasteiger charge is -2.22. The van der Waals surface area contributed by atoms with E-state index in [0.29, 0.717) is 83.8 Å². The smallest absolute Gasteiger partial charge is 0.418 e. The van der Waals surface area contributed by atoms with E-state index in [-0.39, 0.29) is 72.4 Å². The SMILES string of the molecule is C=C=NCCCCCCNC(=O)N(CCCCCCNC(=O)N(CCCCCCNC(=O)N(CCCCCCN=C=C)C(=O)OCCOC(=O)C=C)C(=O)OCCOC(=O)C=C)C(=O)OCCOC(=O)C=C. The monoisotopic (exact) mass is 1020 g/mol. The van der Waals surface area contributed by atoms with Crippen LogP contribution in [0.4, 0.5) is 28.8 Å². The molecular formula is C49H76N8O15. The largest absolute Gasteiger partial charge is 0.459 e. The Kier molecular flexibility index (Phi) is 40.4. The van der Waals surface area contributed by atoms with Crippen molar-refractivity contribution in [2.45, 2.75) is 103 Å². The number of carbonyl (C=O) groups excluding carboxylic acids is 9. The number of aliphatic imine (C=N–C) groups is 2. The molecule has 0 spiro atoms. The number of urea groups is 3. The topological polar surface area (TPSA) is 280 Å². The number of hydrogen-bond acceptors (Lipinski definition) is 17. The zero-order chi connectivity index (χ0) is 53.5. The van der Waals surface area contributed by atoms with Crippen LogP contribution in [0.15, 0.2) is 61.1 Å². The zero-order valence-electron chi connectivity index (χ0n) is 41.8. The van der Waals surface area contributed by atoms with Crippen LogP contribution in [-0.4, -0.2) is 173 Å². The van der Waals surface area contributed by atoms with Gasteiger partial charge in [0.2, 0.25) is 0 Å². The lowest BCUT2D eigenvalue weighted by molar-refractivity contribution is -0.139. The second kappa shape index (κ2) is 44.9. The number of unbranched alkanes of at least 4 members (excludes halogenated alkanes) is 12. The molecule has 0 bridgehead atoms. The molecule has 9 amide bonds. The first-order valence-corrected chi connectivity index (χ1v) is 24.3. The molecule has 0 aliphatic heterocycles. The molecule has 0 radical (unpaired) electrons. The first-order valence-electron chi connectivity index (χ1n) is 24.3. The van der Waals surface area contributed by atoms with Crippen molar-refractivity contribution in [1.82, 2.24) is 30.7 Å². The van der Waals surface area contributed by atoms with Crippen LogP contribution in [0.25, 0.3) is 0 Å². The number of amides is 9. The van der Waals surface area contributed by atoms with Crippen LogP contribution in [0.5, 0.6) is 0 Å². The van der Waals surface area contributed by atoms with E-state index < -0.39 is 54.3 Å². The van der Waals surface area contributed by atoms with Crippen molar-refractivity contribution in [2.24, 2.45) is 9.98 Å². The molecule has 0 saturated carbocycles. The highest BCUT2D eigenvalue weighted by molar-refractivity contribution is 5.92. The van der Waals surface area contributed by atoms with Crippen molar-refractivity contribution in [2.75, 3.05) is 92.0 Å². The second-order valence-electron chi connectivity index (χ2n) is 15.3. The summed E-state index contributed by atoms with van der Waals surface area (Å²) < 4.78 is 30.0. The summed E-state index contributed by atoms with van der Waals surface area (Å²) in [5, 5.41) is 8.17. The Labute approximate surface area is 423 Å². The summed E-state index contributed by atoms with van der Waals surface area (Å²) in [6.07, 6.45) is 10.4. The van der Waals surface area contributed by atoms with Crippen molar-refractivity contribution in [1.29, 1.82) is 0 Å². The summed E-state index contributed by atoms with van der Waals surface area (Å²) in [5.74, 6) is 2.90. The van der Waals surface area contributed by atoms with Crippen LogP contribution in [0.3, 0.4) is 0 Å². The van der Waals surface area contributed by atoms with Gasteiger partial charge in [-0.3, -0.25) is 0 Å². The molecule has 0 aromatic heterocycles. The molecule has 0 saturated heterocycles. The number of imide groups is 3. The van der Waals surface area contributed by atoms with Crippen molar-refractivity contribution in [3.63, 3.8) is 0 Å². The van der Waals surface area contributed by atoms with Gasteiger partial charge in [-0.1, -0.05) is 71.1 Å². The molecule has 0 aliphatic carbocycles. The number of carbonyl (C=O) groups is 9. The molecule has 72 heavy (non-hydrogen) atoms. The third kappa shape index (κ3) is 34.9. The summed E-state index contributed by atoms with van der Waals surface area (Å²) in [7, 11) is 0. The molecule has 0 heterocycles. The predicted octanol–water partition coefficient (Wildman–Crippen LogP) is 6.57. The van der Waals surface area contributed by atoms with Gasteiger partial charge < -0.3 is 44.4 Å². The maximum absolute atomic E-state index is 13.2. The van der Waals surface area contributed by atoms with Crippen molar-refractivity contribution < 1.29 is 71.6 Å². The van der Waals surface area contributed by atoms with Crippen LogP contribution in [-0.2, 0) is 42.8 Å². The fraction of sp³-hybridized carbons (Fsp3) is 0.612. The maximum atomic E-state index is 13.2. The van der Waals surface area contributed by atoms with Gasteiger partial charge in [-0.15, -0.1) is 0 Å². The molecule has 402 valence electrons. The van der Waals surface area contributed by atoms with E-state index in [9.17, 15) is 43.2 Å². The zero-order valence-corrected chi connectivity index (χ0v) is 41.8. The van der Waals surface area contributed by atoms with Gasteiger partial charge in [0.15, 0.2) is 0 Å². The number of ether oxygens (including phenoxy) is 6.